The summed E-state index contributed by atoms with van der Waals surface area (Å²) in [6.45, 7) is 6.52. The molecular weight excluding hydrogens is 485 g/mol. The zero-order valence-electron chi connectivity index (χ0n) is 22.5. The van der Waals surface area contributed by atoms with E-state index in [2.05, 4.69) is 22.5 Å². The molecule has 2 aliphatic rings. The van der Waals surface area contributed by atoms with Crippen molar-refractivity contribution in [2.24, 2.45) is 11.6 Å². The Morgan fingerprint density at radius 3 is 2.18 bits per heavy atom. The molecule has 0 atom stereocenters. The highest BCUT2D eigenvalue weighted by Crippen LogP contribution is 2.18. The zero-order valence-corrected chi connectivity index (χ0v) is 22.5. The van der Waals surface area contributed by atoms with E-state index in [4.69, 9.17) is 11.6 Å². The van der Waals surface area contributed by atoms with Crippen LogP contribution in [0.3, 0.4) is 0 Å². The van der Waals surface area contributed by atoms with Gasteiger partial charge in [0.2, 0.25) is 5.91 Å². The molecule has 2 amide bonds. The van der Waals surface area contributed by atoms with E-state index >= 15 is 0 Å². The van der Waals surface area contributed by atoms with Crippen molar-refractivity contribution >= 4 is 17.5 Å². The second kappa shape index (κ2) is 17.1. The molecule has 0 bridgehead atoms. The van der Waals surface area contributed by atoms with Gasteiger partial charge in [-0.1, -0.05) is 25.1 Å². The number of piperazine rings is 1. The lowest BCUT2D eigenvalue weighted by Crippen LogP contribution is -2.50. The normalized spacial score (nSPS) is 15.1. The van der Waals surface area contributed by atoms with Gasteiger partial charge in [0.15, 0.2) is 0 Å². The standard InChI is InChI=1S/C16H24N6O2.C6H5F.C6H13N/c1-20-8-10-21(11-9-20)15(23)12-19-16(24)13-2-4-14(5-3-13)22(18)7-6-17;7-6-4-2-1-3-5-6;1-2-5-7-6-3-4-6/h2-7H,8-12,17-18H2,1H3,(H,19,24);1-5H;6-7H,2-5H2,1H3/b7-6-;;. The number of carbonyl (C=O) groups is 2. The van der Waals surface area contributed by atoms with Gasteiger partial charge in [-0.2, -0.15) is 0 Å². The number of benzene rings is 2. The van der Waals surface area contributed by atoms with Gasteiger partial charge in [0.1, 0.15) is 5.82 Å². The molecule has 0 unspecified atom stereocenters. The Balaban J connectivity index is 0.000000291. The summed E-state index contributed by atoms with van der Waals surface area (Å²) in [7, 11) is 2.03. The third-order valence-corrected chi connectivity index (χ3v) is 5.92. The van der Waals surface area contributed by atoms with Gasteiger partial charge < -0.3 is 26.2 Å². The zero-order chi connectivity index (χ0) is 27.8. The van der Waals surface area contributed by atoms with Crippen molar-refractivity contribution in [2.75, 3.05) is 51.3 Å². The fraction of sp³-hybridized carbons (Fsp3) is 0.429. The molecule has 208 valence electrons. The van der Waals surface area contributed by atoms with Gasteiger partial charge in [-0.3, -0.25) is 14.6 Å². The summed E-state index contributed by atoms with van der Waals surface area (Å²) in [6.07, 6.45) is 6.94. The Kier molecular flexibility index (Phi) is 13.9. The van der Waals surface area contributed by atoms with Crippen molar-refractivity contribution in [3.8, 4) is 0 Å². The second-order valence-corrected chi connectivity index (χ2v) is 9.19. The molecule has 2 aromatic carbocycles. The lowest BCUT2D eigenvalue weighted by Gasteiger charge is -2.32. The molecule has 0 spiro atoms. The topological polar surface area (TPSA) is 120 Å². The largest absolute Gasteiger partial charge is 0.403 e. The molecule has 6 N–H and O–H groups in total. The number of nitrogens with one attached hydrogen (secondary N) is 2. The number of halogens is 1. The van der Waals surface area contributed by atoms with Gasteiger partial charge in [0, 0.05) is 50.2 Å². The first kappa shape index (κ1) is 30.8. The SMILES string of the molecule is CCCNC1CC1.CN1CCN(C(=O)CNC(=O)c2ccc(N(N)/C=C\N)cc2)CC1.Fc1ccccc1. The molecule has 0 radical (unpaired) electrons. The maximum Gasteiger partial charge on any atom is 0.251 e. The number of hydrazine groups is 1. The van der Waals surface area contributed by atoms with E-state index in [1.54, 1.807) is 47.4 Å². The van der Waals surface area contributed by atoms with Crippen molar-refractivity contribution < 1.29 is 14.0 Å². The molecule has 1 saturated carbocycles. The van der Waals surface area contributed by atoms with E-state index in [9.17, 15) is 14.0 Å². The van der Waals surface area contributed by atoms with Gasteiger partial charge in [-0.15, -0.1) is 0 Å². The summed E-state index contributed by atoms with van der Waals surface area (Å²) in [5, 5.41) is 7.41. The van der Waals surface area contributed by atoms with E-state index < -0.39 is 0 Å². The fourth-order valence-electron chi connectivity index (χ4n) is 3.44. The highest BCUT2D eigenvalue weighted by Gasteiger charge is 2.20. The molecule has 4 rings (SSSR count). The summed E-state index contributed by atoms with van der Waals surface area (Å²) in [5.74, 6) is 5.21. The van der Waals surface area contributed by atoms with Crippen molar-refractivity contribution in [2.45, 2.75) is 32.2 Å². The third-order valence-electron chi connectivity index (χ3n) is 5.92. The number of rotatable bonds is 8. The number of hydrogen-bond acceptors (Lipinski definition) is 7. The van der Waals surface area contributed by atoms with Crippen LogP contribution < -0.4 is 27.2 Å². The Bertz CT molecular complexity index is 976. The third kappa shape index (κ3) is 12.2. The Hall–Kier alpha value is -3.47. The number of nitrogens with zero attached hydrogens (tertiary/aromatic N) is 3. The van der Waals surface area contributed by atoms with E-state index in [1.807, 2.05) is 7.05 Å². The van der Waals surface area contributed by atoms with Crippen LogP contribution in [0.1, 0.15) is 36.5 Å². The summed E-state index contributed by atoms with van der Waals surface area (Å²) < 4.78 is 11.9. The number of likely N-dealkylation sites (N-methyl/N-ethyl adjacent to an activating group) is 1. The summed E-state index contributed by atoms with van der Waals surface area (Å²) in [4.78, 5) is 28.2. The molecule has 0 aromatic heterocycles. The average molecular weight is 528 g/mol. The summed E-state index contributed by atoms with van der Waals surface area (Å²) in [6, 6.07) is 15.5. The molecule has 1 saturated heterocycles. The molecule has 2 aromatic rings. The van der Waals surface area contributed by atoms with Crippen molar-refractivity contribution in [1.82, 2.24) is 20.4 Å². The summed E-state index contributed by atoms with van der Waals surface area (Å²) >= 11 is 0. The van der Waals surface area contributed by atoms with Gasteiger partial charge in [-0.05, 0) is 69.3 Å². The Morgan fingerprint density at radius 1 is 1.05 bits per heavy atom. The molecule has 1 aliphatic heterocycles. The van der Waals surface area contributed by atoms with Crippen LogP contribution in [-0.2, 0) is 4.79 Å². The van der Waals surface area contributed by atoms with Gasteiger partial charge in [-0.25, -0.2) is 10.2 Å². The van der Waals surface area contributed by atoms with Crippen LogP contribution in [-0.4, -0.2) is 74.0 Å². The predicted molar refractivity (Wildman–Crippen MR) is 151 cm³/mol. The van der Waals surface area contributed by atoms with E-state index in [1.165, 1.54) is 55.3 Å². The molecule has 2 fully saturated rings. The van der Waals surface area contributed by atoms with E-state index in [-0.39, 0.29) is 24.2 Å². The molecule has 10 heteroatoms. The maximum atomic E-state index is 12.1. The highest BCUT2D eigenvalue weighted by molar-refractivity contribution is 5.96. The highest BCUT2D eigenvalue weighted by atomic mass is 19.1. The Labute approximate surface area is 225 Å². The smallest absolute Gasteiger partial charge is 0.251 e. The van der Waals surface area contributed by atoms with Crippen molar-refractivity contribution in [3.05, 3.63) is 78.4 Å². The first-order chi connectivity index (χ1) is 18.3. The lowest BCUT2D eigenvalue weighted by atomic mass is 10.2. The van der Waals surface area contributed by atoms with Crippen LogP contribution >= 0.6 is 0 Å². The average Bonchev–Trinajstić information content (AvgIpc) is 3.77. The van der Waals surface area contributed by atoms with Gasteiger partial charge in [0.05, 0.1) is 12.2 Å². The van der Waals surface area contributed by atoms with Crippen LogP contribution in [0.4, 0.5) is 10.1 Å². The van der Waals surface area contributed by atoms with Crippen LogP contribution in [0.5, 0.6) is 0 Å². The number of carbonyl (C=O) groups excluding carboxylic acids is 2. The molecule has 38 heavy (non-hydrogen) atoms. The van der Waals surface area contributed by atoms with Crippen molar-refractivity contribution in [3.63, 3.8) is 0 Å². The minimum Gasteiger partial charge on any atom is -0.403 e. The van der Waals surface area contributed by atoms with Crippen LogP contribution in [0, 0.1) is 5.82 Å². The predicted octanol–water partition coefficient (Wildman–Crippen LogP) is 2.27. The van der Waals surface area contributed by atoms with Gasteiger partial charge in [0.25, 0.3) is 5.91 Å². The molecule has 1 aliphatic carbocycles. The Morgan fingerprint density at radius 2 is 1.68 bits per heavy atom. The van der Waals surface area contributed by atoms with Gasteiger partial charge >= 0.3 is 0 Å². The van der Waals surface area contributed by atoms with Crippen molar-refractivity contribution in [1.29, 1.82) is 0 Å². The number of nitrogens with two attached hydrogens (primary N) is 2. The monoisotopic (exact) mass is 527 g/mol. The minimum absolute atomic E-state index is 0.00320. The molecule has 9 nitrogen and oxygen atoms in total. The second-order valence-electron chi connectivity index (χ2n) is 9.19. The number of amides is 2. The van der Waals surface area contributed by atoms with Crippen LogP contribution in [0.2, 0.25) is 0 Å². The quantitative estimate of drug-likeness (QED) is 0.307. The van der Waals surface area contributed by atoms with E-state index in [0.29, 0.717) is 24.3 Å². The number of hydrogen-bond donors (Lipinski definition) is 4. The maximum absolute atomic E-state index is 12.1. The minimum atomic E-state index is -0.290. The number of anilines is 1. The fourth-order valence-corrected chi connectivity index (χ4v) is 3.44. The summed E-state index contributed by atoms with van der Waals surface area (Å²) in [5.41, 5.74) is 6.44. The molecule has 1 heterocycles. The lowest BCUT2D eigenvalue weighted by molar-refractivity contribution is -0.131. The first-order valence-electron chi connectivity index (χ1n) is 13.0. The van der Waals surface area contributed by atoms with Crippen LogP contribution in [0.15, 0.2) is 67.0 Å². The van der Waals surface area contributed by atoms with E-state index in [0.717, 1.165) is 19.1 Å². The first-order valence-corrected chi connectivity index (χ1v) is 13.0. The molecular formula is C28H42FN7O2. The van der Waals surface area contributed by atoms with Crippen LogP contribution in [0.25, 0.3) is 0 Å².